The number of aryl methyl sites for hydroxylation is 1. The van der Waals surface area contributed by atoms with Gasteiger partial charge in [0.25, 0.3) is 0 Å². The van der Waals surface area contributed by atoms with Crippen LogP contribution < -0.4 is 0 Å². The quantitative estimate of drug-likeness (QED) is 0.634. The van der Waals surface area contributed by atoms with E-state index in [1.165, 1.54) is 6.07 Å². The van der Waals surface area contributed by atoms with Crippen LogP contribution in [-0.2, 0) is 7.05 Å². The van der Waals surface area contributed by atoms with Crippen LogP contribution in [0.3, 0.4) is 0 Å². The van der Waals surface area contributed by atoms with Crippen LogP contribution in [0.25, 0.3) is 11.0 Å². The van der Waals surface area contributed by atoms with E-state index in [1.807, 2.05) is 17.8 Å². The molecule has 2 aromatic heterocycles. The van der Waals surface area contributed by atoms with Crippen molar-refractivity contribution in [2.24, 2.45) is 7.05 Å². The van der Waals surface area contributed by atoms with Crippen LogP contribution in [0.2, 0.25) is 0 Å². The zero-order valence-corrected chi connectivity index (χ0v) is 7.97. The number of halogens is 2. The molecule has 0 aliphatic rings. The van der Waals surface area contributed by atoms with Crippen LogP contribution in [0.15, 0.2) is 22.8 Å². The van der Waals surface area contributed by atoms with Gasteiger partial charge in [0.1, 0.15) is 5.52 Å². The number of pyridine rings is 1. The van der Waals surface area contributed by atoms with Crippen LogP contribution in [0.5, 0.6) is 0 Å². The molecule has 0 aliphatic heterocycles. The standard InChI is InChI=1S/C8H6BrFN2/c1-12-4-5(9)8-6(12)2-3-7(10)11-8/h2-4H,1H3. The van der Waals surface area contributed by atoms with Gasteiger partial charge in [0, 0.05) is 13.2 Å². The summed E-state index contributed by atoms with van der Waals surface area (Å²) >= 11 is 3.30. The van der Waals surface area contributed by atoms with Gasteiger partial charge in [-0.25, -0.2) is 4.98 Å². The highest BCUT2D eigenvalue weighted by molar-refractivity contribution is 9.10. The minimum Gasteiger partial charge on any atom is -0.348 e. The van der Waals surface area contributed by atoms with Crippen LogP contribution in [0, 0.1) is 5.95 Å². The van der Waals surface area contributed by atoms with E-state index in [0.717, 1.165) is 9.99 Å². The number of rotatable bonds is 0. The minimum atomic E-state index is -0.450. The average Bonchev–Trinajstić information content (AvgIpc) is 2.28. The highest BCUT2D eigenvalue weighted by atomic mass is 79.9. The molecule has 0 atom stereocenters. The maximum Gasteiger partial charge on any atom is 0.213 e. The number of aromatic nitrogens is 2. The first-order chi connectivity index (χ1) is 5.68. The van der Waals surface area contributed by atoms with Gasteiger partial charge in [-0.05, 0) is 28.1 Å². The molecule has 4 heteroatoms. The van der Waals surface area contributed by atoms with E-state index in [-0.39, 0.29) is 0 Å². The van der Waals surface area contributed by atoms with Crippen molar-refractivity contribution >= 4 is 27.0 Å². The van der Waals surface area contributed by atoms with Gasteiger partial charge in [-0.3, -0.25) is 0 Å². The molecular formula is C8H6BrFN2. The SMILES string of the molecule is Cn1cc(Br)c2nc(F)ccc21. The minimum absolute atomic E-state index is 0.450. The van der Waals surface area contributed by atoms with Crippen LogP contribution in [-0.4, -0.2) is 9.55 Å². The first-order valence-corrected chi connectivity index (χ1v) is 4.25. The number of hydrogen-bond donors (Lipinski definition) is 0. The Labute approximate surface area is 77.1 Å². The molecule has 0 saturated carbocycles. The summed E-state index contributed by atoms with van der Waals surface area (Å²) in [6, 6.07) is 3.07. The molecule has 0 aliphatic carbocycles. The van der Waals surface area contributed by atoms with Gasteiger partial charge in [-0.1, -0.05) is 0 Å². The van der Waals surface area contributed by atoms with E-state index in [4.69, 9.17) is 0 Å². The summed E-state index contributed by atoms with van der Waals surface area (Å²) in [5, 5.41) is 0. The zero-order valence-electron chi connectivity index (χ0n) is 6.38. The maximum absolute atomic E-state index is 12.7. The fourth-order valence-corrected chi connectivity index (χ4v) is 1.79. The van der Waals surface area contributed by atoms with E-state index in [1.54, 1.807) is 6.07 Å². The van der Waals surface area contributed by atoms with Crippen molar-refractivity contribution in [2.45, 2.75) is 0 Å². The molecule has 2 aromatic rings. The Hall–Kier alpha value is -0.900. The normalized spacial score (nSPS) is 10.9. The Balaban J connectivity index is 2.90. The van der Waals surface area contributed by atoms with Gasteiger partial charge in [-0.2, -0.15) is 4.39 Å². The van der Waals surface area contributed by atoms with Crippen molar-refractivity contribution < 1.29 is 4.39 Å². The van der Waals surface area contributed by atoms with Crippen LogP contribution in [0.4, 0.5) is 4.39 Å². The van der Waals surface area contributed by atoms with Gasteiger partial charge < -0.3 is 4.57 Å². The highest BCUT2D eigenvalue weighted by Gasteiger charge is 2.05. The van der Waals surface area contributed by atoms with E-state index in [9.17, 15) is 4.39 Å². The van der Waals surface area contributed by atoms with Gasteiger partial charge in [0.05, 0.1) is 9.99 Å². The predicted octanol–water partition coefficient (Wildman–Crippen LogP) is 2.47. The fraction of sp³-hybridized carbons (Fsp3) is 0.125. The lowest BCUT2D eigenvalue weighted by atomic mass is 10.4. The molecule has 0 fully saturated rings. The van der Waals surface area contributed by atoms with Crippen molar-refractivity contribution in [3.05, 3.63) is 28.7 Å². The Bertz CT molecular complexity index is 436. The second-order valence-corrected chi connectivity index (χ2v) is 3.44. The molecule has 0 aromatic carbocycles. The second kappa shape index (κ2) is 2.55. The summed E-state index contributed by atoms with van der Waals surface area (Å²) < 4.78 is 15.4. The summed E-state index contributed by atoms with van der Waals surface area (Å²) in [7, 11) is 1.90. The molecule has 0 saturated heterocycles. The lowest BCUT2D eigenvalue weighted by molar-refractivity contribution is 0.589. The molecule has 2 nitrogen and oxygen atoms in total. The lowest BCUT2D eigenvalue weighted by Crippen LogP contribution is -1.86. The van der Waals surface area contributed by atoms with Crippen molar-refractivity contribution in [1.82, 2.24) is 9.55 Å². The fourth-order valence-electron chi connectivity index (χ4n) is 1.19. The zero-order chi connectivity index (χ0) is 8.72. The summed E-state index contributed by atoms with van der Waals surface area (Å²) in [4.78, 5) is 3.76. The van der Waals surface area contributed by atoms with Crippen LogP contribution in [0.1, 0.15) is 0 Å². The molecule has 62 valence electrons. The Kier molecular flexibility index (Phi) is 1.65. The van der Waals surface area contributed by atoms with Crippen molar-refractivity contribution in [3.8, 4) is 0 Å². The molecule has 0 amide bonds. The molecule has 2 heterocycles. The molecule has 0 N–H and O–H groups in total. The van der Waals surface area contributed by atoms with E-state index in [0.29, 0.717) is 5.52 Å². The third kappa shape index (κ3) is 1.03. The first kappa shape index (κ1) is 7.73. The molecule has 0 radical (unpaired) electrons. The van der Waals surface area contributed by atoms with Crippen molar-refractivity contribution in [3.63, 3.8) is 0 Å². The molecule has 0 bridgehead atoms. The van der Waals surface area contributed by atoms with Crippen LogP contribution >= 0.6 is 15.9 Å². The molecular weight excluding hydrogens is 223 g/mol. The lowest BCUT2D eigenvalue weighted by Gasteiger charge is -1.93. The van der Waals surface area contributed by atoms with E-state index < -0.39 is 5.95 Å². The van der Waals surface area contributed by atoms with Gasteiger partial charge >= 0.3 is 0 Å². The monoisotopic (exact) mass is 228 g/mol. The third-order valence-corrected chi connectivity index (χ3v) is 2.33. The summed E-state index contributed by atoms with van der Waals surface area (Å²) in [6.45, 7) is 0. The molecule has 0 spiro atoms. The Morgan fingerprint density at radius 1 is 1.50 bits per heavy atom. The highest BCUT2D eigenvalue weighted by Crippen LogP contribution is 2.23. The van der Waals surface area contributed by atoms with Crippen molar-refractivity contribution in [1.29, 1.82) is 0 Å². The van der Waals surface area contributed by atoms with Gasteiger partial charge in [-0.15, -0.1) is 0 Å². The number of fused-ring (bicyclic) bond motifs is 1. The number of nitrogens with zero attached hydrogens (tertiary/aromatic N) is 2. The smallest absolute Gasteiger partial charge is 0.213 e. The second-order valence-electron chi connectivity index (χ2n) is 2.59. The molecule has 2 rings (SSSR count). The summed E-state index contributed by atoms with van der Waals surface area (Å²) in [5.74, 6) is -0.450. The van der Waals surface area contributed by atoms with E-state index >= 15 is 0 Å². The third-order valence-electron chi connectivity index (χ3n) is 1.75. The number of hydrogen-bond acceptors (Lipinski definition) is 1. The van der Waals surface area contributed by atoms with E-state index in [2.05, 4.69) is 20.9 Å². The van der Waals surface area contributed by atoms with Gasteiger partial charge in [0.15, 0.2) is 0 Å². The van der Waals surface area contributed by atoms with Crippen molar-refractivity contribution in [2.75, 3.05) is 0 Å². The topological polar surface area (TPSA) is 17.8 Å². The predicted molar refractivity (Wildman–Crippen MR) is 48.4 cm³/mol. The Morgan fingerprint density at radius 2 is 2.25 bits per heavy atom. The molecule has 0 unspecified atom stereocenters. The summed E-state index contributed by atoms with van der Waals surface area (Å²) in [6.07, 6.45) is 1.86. The Morgan fingerprint density at radius 3 is 3.00 bits per heavy atom. The van der Waals surface area contributed by atoms with Gasteiger partial charge in [0.2, 0.25) is 5.95 Å². The average molecular weight is 229 g/mol. The maximum atomic E-state index is 12.7. The largest absolute Gasteiger partial charge is 0.348 e. The summed E-state index contributed by atoms with van der Waals surface area (Å²) in [5.41, 5.74) is 1.58. The molecule has 12 heavy (non-hydrogen) atoms. The first-order valence-electron chi connectivity index (χ1n) is 3.45.